The molecule has 0 unspecified atom stereocenters. The van der Waals surface area contributed by atoms with Crippen LogP contribution in [0.5, 0.6) is 0 Å². The summed E-state index contributed by atoms with van der Waals surface area (Å²) in [6.45, 7) is 10.4. The summed E-state index contributed by atoms with van der Waals surface area (Å²) in [6, 6.07) is 8.75. The summed E-state index contributed by atoms with van der Waals surface area (Å²) in [4.78, 5) is 6.96. The van der Waals surface area contributed by atoms with Crippen LogP contribution >= 0.6 is 0 Å². The molecule has 1 aromatic carbocycles. The Hall–Kier alpha value is -2.75. The van der Waals surface area contributed by atoms with Crippen LogP contribution in [0.3, 0.4) is 0 Å². The van der Waals surface area contributed by atoms with E-state index in [0.717, 1.165) is 24.7 Å². The van der Waals surface area contributed by atoms with Gasteiger partial charge in [-0.25, -0.2) is 4.98 Å². The molecule has 4 heteroatoms. The molecule has 0 fully saturated rings. The molecule has 2 aromatic rings. The van der Waals surface area contributed by atoms with Gasteiger partial charge >= 0.3 is 0 Å². The van der Waals surface area contributed by atoms with E-state index in [4.69, 9.17) is 0 Å². The van der Waals surface area contributed by atoms with Gasteiger partial charge in [-0.05, 0) is 25.5 Å². The zero-order valence-electron chi connectivity index (χ0n) is 16.0. The fourth-order valence-electron chi connectivity index (χ4n) is 3.62. The average molecular weight is 346 g/mol. The van der Waals surface area contributed by atoms with Crippen molar-refractivity contribution in [1.29, 1.82) is 0 Å². The van der Waals surface area contributed by atoms with Gasteiger partial charge in [-0.15, -0.1) is 0 Å². The summed E-state index contributed by atoms with van der Waals surface area (Å²) in [5.41, 5.74) is 6.37. The highest BCUT2D eigenvalue weighted by atomic mass is 15.3. The monoisotopic (exact) mass is 346 g/mol. The van der Waals surface area contributed by atoms with Gasteiger partial charge in [0.1, 0.15) is 11.6 Å². The predicted molar refractivity (Wildman–Crippen MR) is 106 cm³/mol. The predicted octanol–water partition coefficient (Wildman–Crippen LogP) is 4.39. The quantitative estimate of drug-likeness (QED) is 0.891. The number of hydrogen-bond acceptors (Lipinski definition) is 3. The van der Waals surface area contributed by atoms with E-state index in [1.165, 1.54) is 28.1 Å². The molecule has 1 N–H and O–H groups in total. The lowest BCUT2D eigenvalue weighted by Crippen LogP contribution is -2.27. The van der Waals surface area contributed by atoms with Gasteiger partial charge in [0.15, 0.2) is 0 Å². The van der Waals surface area contributed by atoms with Crippen LogP contribution < -0.4 is 5.32 Å². The normalized spacial score (nSPS) is 16.6. The second kappa shape index (κ2) is 6.52. The molecular weight excluding hydrogens is 320 g/mol. The molecule has 0 aliphatic carbocycles. The molecule has 2 aliphatic heterocycles. The molecule has 134 valence electrons. The van der Waals surface area contributed by atoms with E-state index in [2.05, 4.69) is 90.1 Å². The topological polar surface area (TPSA) is 33.1 Å². The van der Waals surface area contributed by atoms with Gasteiger partial charge in [0.2, 0.25) is 0 Å². The Morgan fingerprint density at radius 3 is 2.62 bits per heavy atom. The molecule has 3 heterocycles. The Labute approximate surface area is 155 Å². The van der Waals surface area contributed by atoms with Gasteiger partial charge < -0.3 is 14.8 Å². The number of nitrogens with zero attached hydrogens (tertiary/aromatic N) is 3. The van der Waals surface area contributed by atoms with Gasteiger partial charge in [0, 0.05) is 24.9 Å². The highest BCUT2D eigenvalue weighted by Crippen LogP contribution is 2.33. The first kappa shape index (κ1) is 16.7. The van der Waals surface area contributed by atoms with Crippen molar-refractivity contribution in [2.45, 2.75) is 40.2 Å². The number of nitrogens with one attached hydrogen (secondary N) is 1. The second-order valence-corrected chi connectivity index (χ2v) is 7.53. The number of rotatable bonds is 4. The standard InChI is InChI=1S/C22H26N4/c1-15(2)22-23-11-12-25(22)14-19-21(18-8-5-16(3)6-9-18)24-20-10-7-17(4)13-26(19)20/h5-12,15,24H,13-14H2,1-4H3. The van der Waals surface area contributed by atoms with Gasteiger partial charge in [-0.2, -0.15) is 0 Å². The summed E-state index contributed by atoms with van der Waals surface area (Å²) >= 11 is 0. The Kier molecular flexibility index (Phi) is 4.19. The summed E-state index contributed by atoms with van der Waals surface area (Å²) in [6.07, 6.45) is 8.37. The minimum atomic E-state index is 0.404. The molecule has 0 bridgehead atoms. The Bertz CT molecular complexity index is 910. The highest BCUT2D eigenvalue weighted by molar-refractivity contribution is 5.72. The number of allylic oxidation sites excluding steroid dienone is 3. The van der Waals surface area contributed by atoms with E-state index >= 15 is 0 Å². The number of imidazole rings is 1. The van der Waals surface area contributed by atoms with E-state index in [0.29, 0.717) is 5.92 Å². The number of fused-ring (bicyclic) bond motifs is 1. The Morgan fingerprint density at radius 1 is 1.12 bits per heavy atom. The van der Waals surface area contributed by atoms with Crippen LogP contribution in [0.4, 0.5) is 0 Å². The van der Waals surface area contributed by atoms with Crippen molar-refractivity contribution < 1.29 is 0 Å². The van der Waals surface area contributed by atoms with Crippen molar-refractivity contribution in [3.8, 4) is 0 Å². The molecule has 26 heavy (non-hydrogen) atoms. The minimum absolute atomic E-state index is 0.404. The smallest absolute Gasteiger partial charge is 0.111 e. The van der Waals surface area contributed by atoms with Crippen LogP contribution in [0.15, 0.2) is 65.9 Å². The van der Waals surface area contributed by atoms with Crippen LogP contribution in [0.2, 0.25) is 0 Å². The zero-order valence-corrected chi connectivity index (χ0v) is 16.0. The summed E-state index contributed by atoms with van der Waals surface area (Å²) in [5, 5.41) is 3.65. The van der Waals surface area contributed by atoms with Crippen LogP contribution in [0.1, 0.15) is 43.6 Å². The first-order valence-corrected chi connectivity index (χ1v) is 9.26. The molecule has 0 amide bonds. The maximum atomic E-state index is 4.56. The van der Waals surface area contributed by atoms with Gasteiger partial charge in [-0.3, -0.25) is 0 Å². The van der Waals surface area contributed by atoms with Crippen molar-refractivity contribution >= 4 is 5.70 Å². The fourth-order valence-corrected chi connectivity index (χ4v) is 3.62. The Balaban J connectivity index is 1.77. The van der Waals surface area contributed by atoms with Gasteiger partial charge in [0.25, 0.3) is 0 Å². The second-order valence-electron chi connectivity index (χ2n) is 7.53. The highest BCUT2D eigenvalue weighted by Gasteiger charge is 2.29. The van der Waals surface area contributed by atoms with Crippen LogP contribution in [0, 0.1) is 6.92 Å². The molecule has 0 radical (unpaired) electrons. The first-order chi connectivity index (χ1) is 12.5. The van der Waals surface area contributed by atoms with Crippen LogP contribution in [-0.4, -0.2) is 21.0 Å². The lowest BCUT2D eigenvalue weighted by molar-refractivity contribution is 0.431. The fraction of sp³-hybridized carbons (Fsp3) is 0.318. The molecular formula is C22H26N4. The summed E-state index contributed by atoms with van der Waals surface area (Å²) < 4.78 is 2.27. The van der Waals surface area contributed by atoms with Gasteiger partial charge in [-0.1, -0.05) is 55.3 Å². The molecule has 0 saturated carbocycles. The van der Waals surface area contributed by atoms with Gasteiger partial charge in [0.05, 0.1) is 17.9 Å². The van der Waals surface area contributed by atoms with Crippen molar-refractivity contribution in [3.63, 3.8) is 0 Å². The van der Waals surface area contributed by atoms with Crippen LogP contribution in [0.25, 0.3) is 5.70 Å². The summed E-state index contributed by atoms with van der Waals surface area (Å²) in [7, 11) is 0. The van der Waals surface area contributed by atoms with E-state index in [9.17, 15) is 0 Å². The number of aryl methyl sites for hydroxylation is 1. The first-order valence-electron chi connectivity index (χ1n) is 9.26. The molecule has 1 aromatic heterocycles. The molecule has 0 saturated heterocycles. The zero-order chi connectivity index (χ0) is 18.3. The van der Waals surface area contributed by atoms with E-state index in [1.54, 1.807) is 0 Å². The number of aromatic nitrogens is 2. The largest absolute Gasteiger partial charge is 0.340 e. The lowest BCUT2D eigenvalue weighted by Gasteiger charge is -2.26. The molecule has 0 spiro atoms. The van der Waals surface area contributed by atoms with E-state index in [1.807, 2.05) is 6.20 Å². The average Bonchev–Trinajstić information content (AvgIpc) is 3.21. The number of hydrogen-bond donors (Lipinski definition) is 1. The van der Waals surface area contributed by atoms with Crippen molar-refractivity contribution in [1.82, 2.24) is 19.8 Å². The maximum Gasteiger partial charge on any atom is 0.111 e. The maximum absolute atomic E-state index is 4.56. The third-order valence-corrected chi connectivity index (χ3v) is 5.02. The summed E-state index contributed by atoms with van der Waals surface area (Å²) in [5.74, 6) is 2.69. The van der Waals surface area contributed by atoms with Crippen LogP contribution in [-0.2, 0) is 6.54 Å². The van der Waals surface area contributed by atoms with Crippen molar-refractivity contribution in [3.05, 3.63) is 82.9 Å². The lowest BCUT2D eigenvalue weighted by atomic mass is 10.1. The molecule has 4 nitrogen and oxygen atoms in total. The van der Waals surface area contributed by atoms with Crippen molar-refractivity contribution in [2.24, 2.45) is 0 Å². The molecule has 2 aliphatic rings. The Morgan fingerprint density at radius 2 is 1.88 bits per heavy atom. The number of benzene rings is 1. The minimum Gasteiger partial charge on any atom is -0.340 e. The molecule has 4 rings (SSSR count). The molecule has 0 atom stereocenters. The van der Waals surface area contributed by atoms with E-state index in [-0.39, 0.29) is 0 Å². The van der Waals surface area contributed by atoms with E-state index < -0.39 is 0 Å². The third-order valence-electron chi connectivity index (χ3n) is 5.02. The van der Waals surface area contributed by atoms with Crippen molar-refractivity contribution in [2.75, 3.05) is 6.54 Å². The SMILES string of the molecule is CC1=CC=C2NC(c3ccc(C)cc3)=C(Cn3ccnc3C(C)C)N2C1. The third kappa shape index (κ3) is 2.96.